The molecular formula is C30H41N3O4. The molecule has 1 unspecified atom stereocenters. The van der Waals surface area contributed by atoms with E-state index in [4.69, 9.17) is 9.47 Å². The number of carbonyl (C=O) groups is 1. The quantitative estimate of drug-likeness (QED) is 0.437. The summed E-state index contributed by atoms with van der Waals surface area (Å²) in [6.07, 6.45) is 9.59. The van der Waals surface area contributed by atoms with Gasteiger partial charge in [-0.2, -0.15) is 0 Å². The Labute approximate surface area is 220 Å². The molecule has 5 rings (SSSR count). The Morgan fingerprint density at radius 2 is 2.08 bits per heavy atom. The lowest BCUT2D eigenvalue weighted by molar-refractivity contribution is -0.151. The summed E-state index contributed by atoms with van der Waals surface area (Å²) in [6.45, 7) is 8.85. The fourth-order valence-electron chi connectivity index (χ4n) is 6.30. The highest BCUT2D eigenvalue weighted by Gasteiger charge is 2.42. The molecule has 7 nitrogen and oxygen atoms in total. The second-order valence-corrected chi connectivity index (χ2v) is 11.4. The zero-order chi connectivity index (χ0) is 26.0. The summed E-state index contributed by atoms with van der Waals surface area (Å²) in [5, 5.41) is 13.8. The maximum atomic E-state index is 12.4. The van der Waals surface area contributed by atoms with Gasteiger partial charge in [-0.15, -0.1) is 0 Å². The first kappa shape index (κ1) is 26.1. The highest BCUT2D eigenvalue weighted by atomic mass is 16.5. The average Bonchev–Trinajstić information content (AvgIpc) is 2.83. The van der Waals surface area contributed by atoms with E-state index in [1.54, 1.807) is 0 Å². The first-order chi connectivity index (χ1) is 17.8. The first-order valence-corrected chi connectivity index (χ1v) is 13.9. The number of hydrogen-bond donors (Lipinski definition) is 2. The molecule has 2 atom stereocenters. The van der Waals surface area contributed by atoms with Gasteiger partial charge < -0.3 is 19.9 Å². The van der Waals surface area contributed by atoms with Crippen LogP contribution in [-0.4, -0.2) is 59.4 Å². The molecule has 0 saturated carbocycles. The summed E-state index contributed by atoms with van der Waals surface area (Å²) in [6, 6.07) is 8.24. The smallest absolute Gasteiger partial charge is 0.325 e. The molecule has 200 valence electrons. The second kappa shape index (κ2) is 11.1. The number of fused-ring (bicyclic) bond motifs is 2. The van der Waals surface area contributed by atoms with E-state index in [1.165, 1.54) is 24.0 Å². The van der Waals surface area contributed by atoms with Crippen molar-refractivity contribution in [1.29, 1.82) is 0 Å². The van der Waals surface area contributed by atoms with Crippen molar-refractivity contribution < 1.29 is 19.4 Å². The Morgan fingerprint density at radius 3 is 2.89 bits per heavy atom. The van der Waals surface area contributed by atoms with E-state index in [1.807, 2.05) is 44.0 Å². The minimum Gasteiger partial charge on any atom is -0.480 e. The van der Waals surface area contributed by atoms with E-state index in [0.29, 0.717) is 25.7 Å². The van der Waals surface area contributed by atoms with Gasteiger partial charge in [-0.05, 0) is 81.2 Å². The Bertz CT molecular complexity index is 1110. The fourth-order valence-corrected chi connectivity index (χ4v) is 6.30. The van der Waals surface area contributed by atoms with Gasteiger partial charge in [-0.25, -0.2) is 4.98 Å². The average molecular weight is 508 g/mol. The van der Waals surface area contributed by atoms with Crippen LogP contribution in [0.5, 0.6) is 0 Å². The zero-order valence-electron chi connectivity index (χ0n) is 22.5. The third-order valence-corrected chi connectivity index (χ3v) is 8.15. The minimum absolute atomic E-state index is 0.106. The maximum Gasteiger partial charge on any atom is 0.325 e. The molecule has 0 bridgehead atoms. The molecular weight excluding hydrogens is 466 g/mol. The number of likely N-dealkylation sites (tertiary alicyclic amines) is 1. The van der Waals surface area contributed by atoms with Crippen LogP contribution in [-0.2, 0) is 32.7 Å². The van der Waals surface area contributed by atoms with E-state index in [0.717, 1.165) is 61.2 Å². The van der Waals surface area contributed by atoms with Crippen LogP contribution < -0.4 is 5.32 Å². The number of carboxylic acids is 1. The van der Waals surface area contributed by atoms with Crippen molar-refractivity contribution >= 4 is 11.8 Å². The molecule has 0 amide bonds. The van der Waals surface area contributed by atoms with Crippen LogP contribution in [0.3, 0.4) is 0 Å². The van der Waals surface area contributed by atoms with Crippen molar-refractivity contribution in [3.63, 3.8) is 0 Å². The summed E-state index contributed by atoms with van der Waals surface area (Å²) in [7, 11) is 0. The Hall–Kier alpha value is -2.48. The van der Waals surface area contributed by atoms with Gasteiger partial charge in [0.1, 0.15) is 11.9 Å². The van der Waals surface area contributed by atoms with Crippen LogP contribution in [0.25, 0.3) is 0 Å². The number of pyridine rings is 1. The number of carboxylic acid groups (broad SMARTS) is 1. The second-order valence-electron chi connectivity index (χ2n) is 11.4. The van der Waals surface area contributed by atoms with E-state index in [9.17, 15) is 9.90 Å². The van der Waals surface area contributed by atoms with Crippen LogP contribution in [0.1, 0.15) is 79.8 Å². The molecule has 1 fully saturated rings. The third kappa shape index (κ3) is 5.84. The number of benzene rings is 1. The Kier molecular flexibility index (Phi) is 7.84. The summed E-state index contributed by atoms with van der Waals surface area (Å²) in [5.41, 5.74) is 5.08. The largest absolute Gasteiger partial charge is 0.480 e. The molecule has 0 spiro atoms. The molecule has 1 aromatic carbocycles. The number of rotatable bonds is 10. The predicted molar refractivity (Wildman–Crippen MR) is 144 cm³/mol. The molecule has 37 heavy (non-hydrogen) atoms. The molecule has 1 aromatic heterocycles. The van der Waals surface area contributed by atoms with Gasteiger partial charge in [0.05, 0.1) is 18.3 Å². The zero-order valence-corrected chi connectivity index (χ0v) is 22.5. The number of nitrogens with one attached hydrogen (secondary N) is 1. The summed E-state index contributed by atoms with van der Waals surface area (Å²) in [5.74, 6) is 0.250. The van der Waals surface area contributed by atoms with Crippen LogP contribution in [0, 0.1) is 6.92 Å². The number of hydrogen-bond acceptors (Lipinski definition) is 6. The summed E-state index contributed by atoms with van der Waals surface area (Å²) < 4.78 is 12.2. The number of aromatic nitrogens is 1. The molecule has 0 aliphatic carbocycles. The SMILES string of the molecule is Cc1cc2c(c(C(C(=O)O)N3CC(OCCCCC[C@@H]4CCc5cccnc5N4)C3)c1)C(C)(C)OCC2. The molecule has 3 aliphatic rings. The van der Waals surface area contributed by atoms with Gasteiger partial charge in [0, 0.05) is 31.9 Å². The Morgan fingerprint density at radius 1 is 1.24 bits per heavy atom. The number of aliphatic carboxylic acids is 1. The van der Waals surface area contributed by atoms with E-state index in [2.05, 4.69) is 22.4 Å². The van der Waals surface area contributed by atoms with Crippen molar-refractivity contribution in [1.82, 2.24) is 9.88 Å². The lowest BCUT2D eigenvalue weighted by Crippen LogP contribution is -2.55. The molecule has 0 radical (unpaired) electrons. The summed E-state index contributed by atoms with van der Waals surface area (Å²) in [4.78, 5) is 18.9. The van der Waals surface area contributed by atoms with Crippen LogP contribution in [0.2, 0.25) is 0 Å². The molecule has 3 aliphatic heterocycles. The highest BCUT2D eigenvalue weighted by molar-refractivity contribution is 5.77. The van der Waals surface area contributed by atoms with Crippen LogP contribution in [0.15, 0.2) is 30.5 Å². The minimum atomic E-state index is -0.804. The standard InChI is InChI=1S/C30H41N3O4/c1-20-16-22-12-15-37-30(2,3)26(22)25(17-20)27(29(34)35)33-18-24(19-33)36-14-6-4-5-9-23-11-10-21-8-7-13-31-28(21)32-23/h7-8,13,16-17,23-24,27H,4-6,9-12,14-15,18-19H2,1-3H3,(H,31,32)(H,34,35)/t23-,27?/m1/s1. The van der Waals surface area contributed by atoms with Crippen LogP contribution in [0.4, 0.5) is 5.82 Å². The van der Waals surface area contributed by atoms with Gasteiger partial charge in [0.2, 0.25) is 0 Å². The lowest BCUT2D eigenvalue weighted by atomic mass is 9.81. The monoisotopic (exact) mass is 507 g/mol. The molecule has 2 N–H and O–H groups in total. The third-order valence-electron chi connectivity index (χ3n) is 8.15. The van der Waals surface area contributed by atoms with Crippen molar-refractivity contribution in [3.05, 3.63) is 58.3 Å². The fraction of sp³-hybridized carbons (Fsp3) is 0.600. The van der Waals surface area contributed by atoms with Crippen molar-refractivity contribution in [2.24, 2.45) is 0 Å². The molecule has 7 heteroatoms. The molecule has 4 heterocycles. The van der Waals surface area contributed by atoms with Crippen molar-refractivity contribution in [3.8, 4) is 0 Å². The van der Waals surface area contributed by atoms with E-state index in [-0.39, 0.29) is 6.10 Å². The van der Waals surface area contributed by atoms with Crippen molar-refractivity contribution in [2.45, 2.75) is 89.5 Å². The van der Waals surface area contributed by atoms with E-state index < -0.39 is 17.6 Å². The van der Waals surface area contributed by atoms with Gasteiger partial charge >= 0.3 is 5.97 Å². The summed E-state index contributed by atoms with van der Waals surface area (Å²) >= 11 is 0. The number of aryl methyl sites for hydroxylation is 2. The highest BCUT2D eigenvalue weighted by Crippen LogP contribution is 2.41. The first-order valence-electron chi connectivity index (χ1n) is 13.9. The lowest BCUT2D eigenvalue weighted by Gasteiger charge is -2.44. The van der Waals surface area contributed by atoms with Gasteiger partial charge in [0.15, 0.2) is 0 Å². The van der Waals surface area contributed by atoms with Gasteiger partial charge in [-0.1, -0.05) is 36.6 Å². The van der Waals surface area contributed by atoms with E-state index >= 15 is 0 Å². The van der Waals surface area contributed by atoms with Gasteiger partial charge in [0.25, 0.3) is 0 Å². The normalized spacial score (nSPS) is 21.9. The van der Waals surface area contributed by atoms with Crippen LogP contribution >= 0.6 is 0 Å². The number of unbranched alkanes of at least 4 members (excludes halogenated alkanes) is 2. The number of ether oxygens (including phenoxy) is 2. The number of anilines is 1. The molecule has 2 aromatic rings. The topological polar surface area (TPSA) is 83.9 Å². The predicted octanol–water partition coefficient (Wildman–Crippen LogP) is 5.01. The van der Waals surface area contributed by atoms with Crippen molar-refractivity contribution in [2.75, 3.05) is 31.6 Å². The number of nitrogens with zero attached hydrogens (tertiary/aromatic N) is 2. The Balaban J connectivity index is 1.07. The molecule has 1 saturated heterocycles. The maximum absolute atomic E-state index is 12.4. The van der Waals surface area contributed by atoms with Gasteiger partial charge in [-0.3, -0.25) is 9.69 Å².